The lowest BCUT2D eigenvalue weighted by Crippen LogP contribution is -2.34. The minimum absolute atomic E-state index is 0.134. The second-order valence-electron chi connectivity index (χ2n) is 6.53. The van der Waals surface area contributed by atoms with Crippen LogP contribution in [0.15, 0.2) is 59.1 Å². The van der Waals surface area contributed by atoms with Crippen molar-refractivity contribution >= 4 is 27.6 Å². The first-order valence-electron chi connectivity index (χ1n) is 8.76. The first kappa shape index (κ1) is 18.0. The molecule has 1 aliphatic rings. The van der Waals surface area contributed by atoms with Gasteiger partial charge in [-0.1, -0.05) is 46.3 Å². The summed E-state index contributed by atoms with van der Waals surface area (Å²) >= 11 is 3.39. The fourth-order valence-electron chi connectivity index (χ4n) is 3.16. The quantitative estimate of drug-likeness (QED) is 0.763. The molecule has 0 aromatic heterocycles. The maximum atomic E-state index is 12.0. The van der Waals surface area contributed by atoms with E-state index in [2.05, 4.69) is 61.8 Å². The highest BCUT2D eigenvalue weighted by molar-refractivity contribution is 9.10. The van der Waals surface area contributed by atoms with E-state index in [4.69, 9.17) is 0 Å². The zero-order valence-corrected chi connectivity index (χ0v) is 15.8. The van der Waals surface area contributed by atoms with E-state index in [-0.39, 0.29) is 6.03 Å². The zero-order valence-electron chi connectivity index (χ0n) is 14.2. The number of urea groups is 1. The number of nitrogens with zero attached hydrogens (tertiary/aromatic N) is 1. The van der Waals surface area contributed by atoms with Gasteiger partial charge in [0.15, 0.2) is 0 Å². The van der Waals surface area contributed by atoms with Crippen LogP contribution in [0.25, 0.3) is 0 Å². The highest BCUT2D eigenvalue weighted by Crippen LogP contribution is 2.17. The normalized spacial score (nSPS) is 17.4. The van der Waals surface area contributed by atoms with Crippen molar-refractivity contribution in [1.82, 2.24) is 10.2 Å². The summed E-state index contributed by atoms with van der Waals surface area (Å²) in [5.74, 6) is 0.534. The predicted octanol–water partition coefficient (Wildman–Crippen LogP) is 4.14. The van der Waals surface area contributed by atoms with E-state index in [0.717, 1.165) is 49.2 Å². The lowest BCUT2D eigenvalue weighted by Gasteiger charge is -2.16. The molecule has 1 saturated heterocycles. The van der Waals surface area contributed by atoms with Crippen molar-refractivity contribution in [3.05, 3.63) is 64.6 Å². The molecule has 3 rings (SSSR count). The standard InChI is InChI=1S/C20H24BrN3O/c21-18-6-8-19(9-7-18)23-20(25)22-14-17-11-13-24(15-17)12-10-16-4-2-1-3-5-16/h1-9,17H,10-15H2,(H2,22,23,25)/t17-/m1/s1. The van der Waals surface area contributed by atoms with Gasteiger partial charge in [0.05, 0.1) is 0 Å². The van der Waals surface area contributed by atoms with Crippen LogP contribution in [0.2, 0.25) is 0 Å². The number of hydrogen-bond donors (Lipinski definition) is 2. The second kappa shape index (κ2) is 9.02. The number of benzene rings is 2. The van der Waals surface area contributed by atoms with E-state index in [1.165, 1.54) is 5.56 Å². The smallest absolute Gasteiger partial charge is 0.319 e. The topological polar surface area (TPSA) is 44.4 Å². The van der Waals surface area contributed by atoms with Crippen molar-refractivity contribution in [2.24, 2.45) is 5.92 Å². The molecule has 25 heavy (non-hydrogen) atoms. The molecule has 2 amide bonds. The monoisotopic (exact) mass is 401 g/mol. The Kier molecular flexibility index (Phi) is 6.48. The number of carbonyl (C=O) groups is 1. The molecule has 4 nitrogen and oxygen atoms in total. The van der Waals surface area contributed by atoms with Crippen LogP contribution < -0.4 is 10.6 Å². The number of hydrogen-bond acceptors (Lipinski definition) is 2. The molecule has 2 aromatic carbocycles. The molecule has 5 heteroatoms. The van der Waals surface area contributed by atoms with Crippen molar-refractivity contribution < 1.29 is 4.79 Å². The Balaban J connectivity index is 1.35. The summed E-state index contributed by atoms with van der Waals surface area (Å²) in [7, 11) is 0. The lowest BCUT2D eigenvalue weighted by molar-refractivity contribution is 0.249. The Bertz CT molecular complexity index is 675. The molecule has 2 aromatic rings. The number of amides is 2. The summed E-state index contributed by atoms with van der Waals surface area (Å²) in [5, 5.41) is 5.86. The molecule has 1 fully saturated rings. The molecule has 0 saturated carbocycles. The van der Waals surface area contributed by atoms with E-state index in [1.807, 2.05) is 24.3 Å². The van der Waals surface area contributed by atoms with Crippen LogP contribution in [0.1, 0.15) is 12.0 Å². The number of halogens is 1. The van der Waals surface area contributed by atoms with E-state index < -0.39 is 0 Å². The minimum Gasteiger partial charge on any atom is -0.338 e. The summed E-state index contributed by atoms with van der Waals surface area (Å²) < 4.78 is 1.00. The van der Waals surface area contributed by atoms with Gasteiger partial charge in [-0.05, 0) is 55.1 Å². The number of likely N-dealkylation sites (tertiary alicyclic amines) is 1. The van der Waals surface area contributed by atoms with Crippen molar-refractivity contribution in [2.75, 3.05) is 31.5 Å². The van der Waals surface area contributed by atoms with Gasteiger partial charge in [0.1, 0.15) is 0 Å². The van der Waals surface area contributed by atoms with Gasteiger partial charge in [0, 0.05) is 29.8 Å². The van der Waals surface area contributed by atoms with Crippen molar-refractivity contribution in [3.8, 4) is 0 Å². The molecule has 0 bridgehead atoms. The van der Waals surface area contributed by atoms with Gasteiger partial charge >= 0.3 is 6.03 Å². The van der Waals surface area contributed by atoms with Crippen molar-refractivity contribution in [3.63, 3.8) is 0 Å². The van der Waals surface area contributed by atoms with Crippen LogP contribution in [-0.2, 0) is 6.42 Å². The highest BCUT2D eigenvalue weighted by Gasteiger charge is 2.22. The molecule has 0 unspecified atom stereocenters. The Hall–Kier alpha value is -1.85. The van der Waals surface area contributed by atoms with Gasteiger partial charge < -0.3 is 15.5 Å². The predicted molar refractivity (Wildman–Crippen MR) is 106 cm³/mol. The summed E-state index contributed by atoms with van der Waals surface area (Å²) in [6.45, 7) is 3.99. The average Bonchev–Trinajstić information content (AvgIpc) is 3.09. The van der Waals surface area contributed by atoms with Crippen LogP contribution in [0.5, 0.6) is 0 Å². The van der Waals surface area contributed by atoms with Gasteiger partial charge in [0.25, 0.3) is 0 Å². The maximum absolute atomic E-state index is 12.0. The zero-order chi connectivity index (χ0) is 17.5. The number of carbonyl (C=O) groups excluding carboxylic acids is 1. The summed E-state index contributed by atoms with van der Waals surface area (Å²) in [4.78, 5) is 14.5. The summed E-state index contributed by atoms with van der Waals surface area (Å²) in [5.41, 5.74) is 2.19. The van der Waals surface area contributed by atoms with Crippen LogP contribution in [0, 0.1) is 5.92 Å². The molecule has 0 radical (unpaired) electrons. The summed E-state index contributed by atoms with van der Waals surface area (Å²) in [6, 6.07) is 18.1. The average molecular weight is 402 g/mol. The first-order valence-corrected chi connectivity index (χ1v) is 9.55. The van der Waals surface area contributed by atoms with Gasteiger partial charge in [-0.15, -0.1) is 0 Å². The third-order valence-corrected chi connectivity index (χ3v) is 5.11. The fourth-order valence-corrected chi connectivity index (χ4v) is 3.42. The molecule has 2 N–H and O–H groups in total. The third kappa shape index (κ3) is 5.87. The Morgan fingerprint density at radius 2 is 1.88 bits per heavy atom. The van der Waals surface area contributed by atoms with Crippen LogP contribution >= 0.6 is 15.9 Å². The Morgan fingerprint density at radius 1 is 1.12 bits per heavy atom. The molecule has 1 atom stereocenters. The largest absolute Gasteiger partial charge is 0.338 e. The van der Waals surface area contributed by atoms with E-state index in [0.29, 0.717) is 5.92 Å². The van der Waals surface area contributed by atoms with E-state index >= 15 is 0 Å². The van der Waals surface area contributed by atoms with E-state index in [9.17, 15) is 4.79 Å². The number of nitrogens with one attached hydrogen (secondary N) is 2. The number of anilines is 1. The molecule has 0 spiro atoms. The van der Waals surface area contributed by atoms with Gasteiger partial charge in [0.2, 0.25) is 0 Å². The SMILES string of the molecule is O=C(NC[C@H]1CCN(CCc2ccccc2)C1)Nc1ccc(Br)cc1. The Morgan fingerprint density at radius 3 is 2.64 bits per heavy atom. The van der Waals surface area contributed by atoms with Crippen LogP contribution in [-0.4, -0.2) is 37.1 Å². The fraction of sp³-hybridized carbons (Fsp3) is 0.350. The summed E-state index contributed by atoms with van der Waals surface area (Å²) in [6.07, 6.45) is 2.23. The van der Waals surface area contributed by atoms with Gasteiger partial charge in [-0.3, -0.25) is 0 Å². The minimum atomic E-state index is -0.134. The van der Waals surface area contributed by atoms with Crippen molar-refractivity contribution in [2.45, 2.75) is 12.8 Å². The van der Waals surface area contributed by atoms with Gasteiger partial charge in [-0.2, -0.15) is 0 Å². The van der Waals surface area contributed by atoms with Crippen LogP contribution in [0.4, 0.5) is 10.5 Å². The van der Waals surface area contributed by atoms with E-state index in [1.54, 1.807) is 0 Å². The molecule has 1 heterocycles. The second-order valence-corrected chi connectivity index (χ2v) is 7.45. The molecule has 132 valence electrons. The molecule has 1 aliphatic heterocycles. The van der Waals surface area contributed by atoms with Crippen LogP contribution in [0.3, 0.4) is 0 Å². The first-order chi connectivity index (χ1) is 12.2. The highest BCUT2D eigenvalue weighted by atomic mass is 79.9. The number of rotatable bonds is 6. The third-order valence-electron chi connectivity index (χ3n) is 4.58. The molecule has 0 aliphatic carbocycles. The lowest BCUT2D eigenvalue weighted by atomic mass is 10.1. The molecular weight excluding hydrogens is 378 g/mol. The maximum Gasteiger partial charge on any atom is 0.319 e. The Labute approximate surface area is 157 Å². The van der Waals surface area contributed by atoms with Crippen molar-refractivity contribution in [1.29, 1.82) is 0 Å². The molecular formula is C20H24BrN3O. The van der Waals surface area contributed by atoms with Gasteiger partial charge in [-0.25, -0.2) is 4.79 Å².